The van der Waals surface area contributed by atoms with E-state index in [1.165, 1.54) is 0 Å². The van der Waals surface area contributed by atoms with Crippen molar-refractivity contribution < 1.29 is 17.9 Å². The maximum absolute atomic E-state index is 13.1. The molecule has 3 aromatic rings. The molecule has 0 unspecified atom stereocenters. The number of hydrogen-bond donors (Lipinski definition) is 1. The third-order valence-electron chi connectivity index (χ3n) is 4.67. The summed E-state index contributed by atoms with van der Waals surface area (Å²) in [7, 11) is -3.71. The first-order chi connectivity index (χ1) is 14.6. The molecular formula is C24H26N2O4S. The highest BCUT2D eigenvalue weighted by molar-refractivity contribution is 7.92. The molecule has 0 radical (unpaired) electrons. The van der Waals surface area contributed by atoms with E-state index in [1.54, 1.807) is 43.3 Å². The van der Waals surface area contributed by atoms with Crippen LogP contribution in [-0.4, -0.2) is 26.6 Å². The van der Waals surface area contributed by atoms with Crippen molar-refractivity contribution in [1.29, 1.82) is 0 Å². The van der Waals surface area contributed by atoms with Crippen LogP contribution in [0, 0.1) is 13.8 Å². The van der Waals surface area contributed by atoms with Crippen LogP contribution in [0.1, 0.15) is 18.1 Å². The number of hydrogen-bond acceptors (Lipinski definition) is 4. The second-order valence-corrected chi connectivity index (χ2v) is 9.34. The summed E-state index contributed by atoms with van der Waals surface area (Å²) in [6.07, 6.45) is 1.10. The fraction of sp³-hybridized carbons (Fsp3) is 0.208. The molecule has 162 valence electrons. The van der Waals surface area contributed by atoms with Gasteiger partial charge in [-0.1, -0.05) is 36.4 Å². The van der Waals surface area contributed by atoms with Crippen molar-refractivity contribution in [3.63, 3.8) is 0 Å². The average Bonchev–Trinajstić information content (AvgIpc) is 2.68. The zero-order valence-corrected chi connectivity index (χ0v) is 18.8. The third kappa shape index (κ3) is 5.64. The highest BCUT2D eigenvalue weighted by Gasteiger charge is 2.30. The van der Waals surface area contributed by atoms with Gasteiger partial charge in [0.25, 0.3) is 0 Å². The quantitative estimate of drug-likeness (QED) is 0.570. The van der Waals surface area contributed by atoms with Crippen LogP contribution in [0.4, 0.5) is 11.4 Å². The summed E-state index contributed by atoms with van der Waals surface area (Å²) < 4.78 is 32.2. The molecule has 0 bridgehead atoms. The maximum Gasteiger partial charge on any atom is 0.248 e. The highest BCUT2D eigenvalue weighted by atomic mass is 32.2. The zero-order chi connectivity index (χ0) is 22.6. The van der Waals surface area contributed by atoms with E-state index in [2.05, 4.69) is 5.32 Å². The number of carbonyl (C=O) groups excluding carboxylic acids is 1. The van der Waals surface area contributed by atoms with Crippen molar-refractivity contribution in [1.82, 2.24) is 0 Å². The molecule has 6 nitrogen and oxygen atoms in total. The number of para-hydroxylation sites is 3. The molecule has 0 aliphatic heterocycles. The smallest absolute Gasteiger partial charge is 0.248 e. The highest BCUT2D eigenvalue weighted by Crippen LogP contribution is 2.30. The van der Waals surface area contributed by atoms with Gasteiger partial charge in [-0.3, -0.25) is 9.10 Å². The van der Waals surface area contributed by atoms with E-state index in [-0.39, 0.29) is 0 Å². The lowest BCUT2D eigenvalue weighted by Crippen LogP contribution is -2.45. The van der Waals surface area contributed by atoms with Crippen LogP contribution in [0.15, 0.2) is 72.8 Å². The summed E-state index contributed by atoms with van der Waals surface area (Å²) in [5.41, 5.74) is 2.74. The molecule has 0 spiro atoms. The van der Waals surface area contributed by atoms with Crippen LogP contribution < -0.4 is 14.4 Å². The number of anilines is 2. The Bertz CT molecular complexity index is 1160. The standard InChI is InChI=1S/C24H26N2O4S/c1-17-14-18(2)16-20(15-17)26(31(4,28)29)19(3)24(27)25-22-12-8-9-13-23(22)30-21-10-6-5-7-11-21/h5-16,19H,1-4H3,(H,25,27)/t19-/m0/s1. The van der Waals surface area contributed by atoms with Crippen molar-refractivity contribution in [2.24, 2.45) is 0 Å². The van der Waals surface area contributed by atoms with Crippen LogP contribution in [-0.2, 0) is 14.8 Å². The topological polar surface area (TPSA) is 75.7 Å². The van der Waals surface area contributed by atoms with Crippen molar-refractivity contribution in [2.75, 3.05) is 15.9 Å². The minimum atomic E-state index is -3.71. The summed E-state index contributed by atoms with van der Waals surface area (Å²) in [6, 6.07) is 20.7. The van der Waals surface area contributed by atoms with Gasteiger partial charge in [0.2, 0.25) is 15.9 Å². The Hall–Kier alpha value is -3.32. The molecule has 0 fully saturated rings. The predicted molar refractivity (Wildman–Crippen MR) is 124 cm³/mol. The largest absolute Gasteiger partial charge is 0.455 e. The van der Waals surface area contributed by atoms with Crippen molar-refractivity contribution in [3.05, 3.63) is 83.9 Å². The molecular weight excluding hydrogens is 412 g/mol. The van der Waals surface area contributed by atoms with E-state index in [0.29, 0.717) is 22.9 Å². The van der Waals surface area contributed by atoms with E-state index < -0.39 is 22.0 Å². The molecule has 31 heavy (non-hydrogen) atoms. The zero-order valence-electron chi connectivity index (χ0n) is 18.0. The van der Waals surface area contributed by atoms with Gasteiger partial charge in [0.15, 0.2) is 5.75 Å². The molecule has 0 saturated heterocycles. The molecule has 0 aliphatic carbocycles. The number of ether oxygens (including phenoxy) is 1. The van der Waals surface area contributed by atoms with Crippen molar-refractivity contribution in [3.8, 4) is 11.5 Å². The predicted octanol–water partition coefficient (Wildman–Crippen LogP) is 4.89. The van der Waals surface area contributed by atoms with E-state index >= 15 is 0 Å². The summed E-state index contributed by atoms with van der Waals surface area (Å²) in [5.74, 6) is 0.630. The summed E-state index contributed by atoms with van der Waals surface area (Å²) in [6.45, 7) is 5.34. The van der Waals surface area contributed by atoms with Gasteiger partial charge in [-0.05, 0) is 68.3 Å². The van der Waals surface area contributed by atoms with Gasteiger partial charge in [0.1, 0.15) is 11.8 Å². The van der Waals surface area contributed by atoms with E-state index in [0.717, 1.165) is 21.7 Å². The monoisotopic (exact) mass is 438 g/mol. The number of rotatable bonds is 7. The van der Waals surface area contributed by atoms with Gasteiger partial charge in [-0.25, -0.2) is 8.42 Å². The second kappa shape index (κ2) is 9.22. The number of aryl methyl sites for hydroxylation is 2. The molecule has 0 aromatic heterocycles. The fourth-order valence-corrected chi connectivity index (χ4v) is 4.56. The first kappa shape index (κ1) is 22.4. The molecule has 1 N–H and O–H groups in total. The Morgan fingerprint density at radius 3 is 2.13 bits per heavy atom. The summed E-state index contributed by atoms with van der Waals surface area (Å²) in [4.78, 5) is 13.1. The Labute approximate surface area is 183 Å². The number of amides is 1. The Kier molecular flexibility index (Phi) is 6.65. The van der Waals surface area contributed by atoms with Gasteiger partial charge in [0, 0.05) is 0 Å². The van der Waals surface area contributed by atoms with Crippen LogP contribution in [0.3, 0.4) is 0 Å². The van der Waals surface area contributed by atoms with Crippen LogP contribution in [0.5, 0.6) is 11.5 Å². The first-order valence-electron chi connectivity index (χ1n) is 9.85. The van der Waals surface area contributed by atoms with Gasteiger partial charge in [-0.2, -0.15) is 0 Å². The number of carbonyl (C=O) groups is 1. The normalized spacial score (nSPS) is 12.1. The molecule has 7 heteroatoms. The Morgan fingerprint density at radius 2 is 1.52 bits per heavy atom. The van der Waals surface area contributed by atoms with Gasteiger partial charge in [-0.15, -0.1) is 0 Å². The second-order valence-electron chi connectivity index (χ2n) is 7.48. The SMILES string of the molecule is Cc1cc(C)cc(N([C@@H](C)C(=O)Nc2ccccc2Oc2ccccc2)S(C)(=O)=O)c1. The molecule has 0 aliphatic rings. The average molecular weight is 439 g/mol. The van der Waals surface area contributed by atoms with E-state index in [4.69, 9.17) is 4.74 Å². The minimum Gasteiger partial charge on any atom is -0.455 e. The minimum absolute atomic E-state index is 0.455. The lowest BCUT2D eigenvalue weighted by atomic mass is 10.1. The van der Waals surface area contributed by atoms with Crippen molar-refractivity contribution >= 4 is 27.3 Å². The van der Waals surface area contributed by atoms with Crippen molar-refractivity contribution in [2.45, 2.75) is 26.8 Å². The Morgan fingerprint density at radius 1 is 0.935 bits per heavy atom. The van der Waals surface area contributed by atoms with E-state index in [9.17, 15) is 13.2 Å². The van der Waals surface area contributed by atoms with Crippen LogP contribution in [0.25, 0.3) is 0 Å². The summed E-state index contributed by atoms with van der Waals surface area (Å²) in [5, 5.41) is 2.81. The van der Waals surface area contributed by atoms with Gasteiger partial charge in [0.05, 0.1) is 17.6 Å². The molecule has 0 saturated carbocycles. The first-order valence-corrected chi connectivity index (χ1v) is 11.7. The van der Waals surface area contributed by atoms with Gasteiger partial charge >= 0.3 is 0 Å². The van der Waals surface area contributed by atoms with Gasteiger partial charge < -0.3 is 10.1 Å². The lowest BCUT2D eigenvalue weighted by Gasteiger charge is -2.29. The molecule has 3 aromatic carbocycles. The number of nitrogens with zero attached hydrogens (tertiary/aromatic N) is 1. The number of nitrogens with one attached hydrogen (secondary N) is 1. The Balaban J connectivity index is 1.88. The molecule has 0 heterocycles. The summed E-state index contributed by atoms with van der Waals surface area (Å²) >= 11 is 0. The van der Waals surface area contributed by atoms with E-state index in [1.807, 2.05) is 50.2 Å². The van der Waals surface area contributed by atoms with Crippen LogP contribution >= 0.6 is 0 Å². The molecule has 1 atom stereocenters. The third-order valence-corrected chi connectivity index (χ3v) is 5.91. The van der Waals surface area contributed by atoms with Crippen LogP contribution in [0.2, 0.25) is 0 Å². The molecule has 1 amide bonds. The number of sulfonamides is 1. The number of benzene rings is 3. The lowest BCUT2D eigenvalue weighted by molar-refractivity contribution is -0.116. The molecule has 3 rings (SSSR count). The fourth-order valence-electron chi connectivity index (χ4n) is 3.40. The maximum atomic E-state index is 13.1.